The van der Waals surface area contributed by atoms with Crippen molar-refractivity contribution in [2.24, 2.45) is 5.41 Å². The van der Waals surface area contributed by atoms with Crippen LogP contribution in [-0.2, 0) is 9.59 Å². The summed E-state index contributed by atoms with van der Waals surface area (Å²) in [4.78, 5) is 23.5. The van der Waals surface area contributed by atoms with Gasteiger partial charge < -0.3 is 15.7 Å². The molecule has 0 heterocycles. The van der Waals surface area contributed by atoms with Crippen LogP contribution >= 0.6 is 0 Å². The van der Waals surface area contributed by atoms with Crippen LogP contribution in [0.4, 0.5) is 5.69 Å². The largest absolute Gasteiger partial charge is 0.396 e. The first-order valence-electron chi connectivity index (χ1n) is 7.52. The van der Waals surface area contributed by atoms with Crippen LogP contribution < -0.4 is 10.6 Å². The number of carbonyl (C=O) groups is 2. The third kappa shape index (κ3) is 5.85. The van der Waals surface area contributed by atoms with E-state index in [1.54, 1.807) is 6.07 Å². The molecule has 0 aromatic heterocycles. The van der Waals surface area contributed by atoms with Crippen LogP contribution in [0, 0.1) is 19.3 Å². The predicted molar refractivity (Wildman–Crippen MR) is 87.7 cm³/mol. The second-order valence-electron chi connectivity index (χ2n) is 6.43. The first-order chi connectivity index (χ1) is 10.2. The molecule has 0 saturated heterocycles. The molecule has 0 saturated carbocycles. The zero-order chi connectivity index (χ0) is 16.8. The van der Waals surface area contributed by atoms with E-state index in [4.69, 9.17) is 5.11 Å². The van der Waals surface area contributed by atoms with Gasteiger partial charge in [0, 0.05) is 18.8 Å². The third-order valence-corrected chi connectivity index (χ3v) is 3.71. The molecule has 0 bridgehead atoms. The summed E-state index contributed by atoms with van der Waals surface area (Å²) in [5, 5.41) is 14.3. The van der Waals surface area contributed by atoms with Gasteiger partial charge in [0.2, 0.25) is 0 Å². The number of aryl methyl sites for hydroxylation is 2. The van der Waals surface area contributed by atoms with Crippen LogP contribution in [0.5, 0.6) is 0 Å². The molecule has 0 fully saturated rings. The zero-order valence-corrected chi connectivity index (χ0v) is 13.8. The Morgan fingerprint density at radius 1 is 1.14 bits per heavy atom. The summed E-state index contributed by atoms with van der Waals surface area (Å²) in [6.45, 7) is 8.38. The highest BCUT2D eigenvalue weighted by molar-refractivity contribution is 6.39. The SMILES string of the molecule is Cc1ccc(NC(=O)C(=O)NCCCC(C)(C)CO)cc1C. The molecule has 0 aliphatic carbocycles. The van der Waals surface area contributed by atoms with E-state index in [1.165, 1.54) is 0 Å². The smallest absolute Gasteiger partial charge is 0.313 e. The van der Waals surface area contributed by atoms with Gasteiger partial charge in [0.15, 0.2) is 0 Å². The lowest BCUT2D eigenvalue weighted by molar-refractivity contribution is -0.136. The zero-order valence-electron chi connectivity index (χ0n) is 13.8. The van der Waals surface area contributed by atoms with Crippen LogP contribution in [0.15, 0.2) is 18.2 Å². The molecule has 2 amide bonds. The molecule has 0 aliphatic heterocycles. The summed E-state index contributed by atoms with van der Waals surface area (Å²) in [6.07, 6.45) is 1.50. The van der Waals surface area contributed by atoms with Crippen molar-refractivity contribution in [3.05, 3.63) is 29.3 Å². The summed E-state index contributed by atoms with van der Waals surface area (Å²) in [7, 11) is 0. The minimum absolute atomic E-state index is 0.105. The lowest BCUT2D eigenvalue weighted by Gasteiger charge is -2.21. The average molecular weight is 306 g/mol. The number of aliphatic hydroxyl groups is 1. The van der Waals surface area contributed by atoms with E-state index in [1.807, 2.05) is 39.8 Å². The van der Waals surface area contributed by atoms with Gasteiger partial charge >= 0.3 is 11.8 Å². The summed E-state index contributed by atoms with van der Waals surface area (Å²) in [5.41, 5.74) is 2.65. The molecule has 1 aromatic carbocycles. The molecule has 0 spiro atoms. The van der Waals surface area contributed by atoms with Crippen molar-refractivity contribution in [2.45, 2.75) is 40.5 Å². The number of carbonyl (C=O) groups excluding carboxylic acids is 2. The molecule has 122 valence electrons. The van der Waals surface area contributed by atoms with Gasteiger partial charge in [0.25, 0.3) is 0 Å². The van der Waals surface area contributed by atoms with Gasteiger partial charge in [0.05, 0.1) is 0 Å². The van der Waals surface area contributed by atoms with Crippen molar-refractivity contribution < 1.29 is 14.7 Å². The normalized spacial score (nSPS) is 11.1. The van der Waals surface area contributed by atoms with E-state index in [0.717, 1.165) is 24.0 Å². The molecule has 0 atom stereocenters. The summed E-state index contributed by atoms with van der Waals surface area (Å²) in [6, 6.07) is 5.52. The lowest BCUT2D eigenvalue weighted by atomic mass is 9.89. The maximum absolute atomic E-state index is 11.8. The maximum atomic E-state index is 11.8. The minimum Gasteiger partial charge on any atom is -0.396 e. The van der Waals surface area contributed by atoms with Crippen molar-refractivity contribution in [2.75, 3.05) is 18.5 Å². The fourth-order valence-electron chi connectivity index (χ4n) is 1.94. The highest BCUT2D eigenvalue weighted by Crippen LogP contribution is 2.20. The number of hydrogen-bond acceptors (Lipinski definition) is 3. The molecule has 0 aliphatic rings. The third-order valence-electron chi connectivity index (χ3n) is 3.71. The van der Waals surface area contributed by atoms with Gasteiger partial charge in [-0.15, -0.1) is 0 Å². The first-order valence-corrected chi connectivity index (χ1v) is 7.52. The Morgan fingerprint density at radius 3 is 2.41 bits per heavy atom. The van der Waals surface area contributed by atoms with E-state index >= 15 is 0 Å². The van der Waals surface area contributed by atoms with E-state index in [-0.39, 0.29) is 12.0 Å². The lowest BCUT2D eigenvalue weighted by Crippen LogP contribution is -2.36. The maximum Gasteiger partial charge on any atom is 0.313 e. The number of aliphatic hydroxyl groups excluding tert-OH is 1. The van der Waals surface area contributed by atoms with E-state index in [9.17, 15) is 9.59 Å². The fraction of sp³-hybridized carbons (Fsp3) is 0.529. The average Bonchev–Trinajstić information content (AvgIpc) is 2.47. The number of amides is 2. The minimum atomic E-state index is -0.662. The van der Waals surface area contributed by atoms with Gasteiger partial charge in [-0.1, -0.05) is 19.9 Å². The molecule has 3 N–H and O–H groups in total. The highest BCUT2D eigenvalue weighted by atomic mass is 16.3. The van der Waals surface area contributed by atoms with Gasteiger partial charge in [0.1, 0.15) is 0 Å². The molecule has 1 rings (SSSR count). The van der Waals surface area contributed by atoms with Gasteiger partial charge in [-0.05, 0) is 55.4 Å². The molecule has 1 aromatic rings. The monoisotopic (exact) mass is 306 g/mol. The van der Waals surface area contributed by atoms with Crippen LogP contribution in [-0.4, -0.2) is 30.1 Å². The van der Waals surface area contributed by atoms with Gasteiger partial charge in [-0.3, -0.25) is 9.59 Å². The van der Waals surface area contributed by atoms with Crippen LogP contribution in [0.1, 0.15) is 37.8 Å². The van der Waals surface area contributed by atoms with Crippen molar-refractivity contribution in [1.29, 1.82) is 0 Å². The Bertz CT molecular complexity index is 539. The van der Waals surface area contributed by atoms with E-state index in [2.05, 4.69) is 10.6 Å². The summed E-state index contributed by atoms with van der Waals surface area (Å²) in [5.74, 6) is -1.30. The molecular formula is C17H26N2O3. The molecule has 0 unspecified atom stereocenters. The van der Waals surface area contributed by atoms with Crippen molar-refractivity contribution in [3.8, 4) is 0 Å². The Labute approximate surface area is 132 Å². The molecule has 5 heteroatoms. The summed E-state index contributed by atoms with van der Waals surface area (Å²) >= 11 is 0. The number of rotatable bonds is 6. The highest BCUT2D eigenvalue weighted by Gasteiger charge is 2.17. The van der Waals surface area contributed by atoms with Gasteiger partial charge in [-0.25, -0.2) is 0 Å². The molecule has 22 heavy (non-hydrogen) atoms. The van der Waals surface area contributed by atoms with Gasteiger partial charge in [-0.2, -0.15) is 0 Å². The Morgan fingerprint density at radius 2 is 1.82 bits per heavy atom. The van der Waals surface area contributed by atoms with Crippen molar-refractivity contribution in [3.63, 3.8) is 0 Å². The molecule has 0 radical (unpaired) electrons. The predicted octanol–water partition coefficient (Wildman–Crippen LogP) is 2.16. The van der Waals surface area contributed by atoms with Crippen LogP contribution in [0.25, 0.3) is 0 Å². The summed E-state index contributed by atoms with van der Waals surface area (Å²) < 4.78 is 0. The van der Waals surface area contributed by atoms with Crippen LogP contribution in [0.3, 0.4) is 0 Å². The van der Waals surface area contributed by atoms with Crippen molar-refractivity contribution in [1.82, 2.24) is 5.32 Å². The number of nitrogens with one attached hydrogen (secondary N) is 2. The topological polar surface area (TPSA) is 78.4 Å². The van der Waals surface area contributed by atoms with E-state index < -0.39 is 11.8 Å². The Hall–Kier alpha value is -1.88. The number of benzene rings is 1. The Kier molecular flexibility index (Phi) is 6.56. The standard InChI is InChI=1S/C17H26N2O3/c1-12-6-7-14(10-13(12)2)19-16(22)15(21)18-9-5-8-17(3,4)11-20/h6-7,10,20H,5,8-9,11H2,1-4H3,(H,18,21)(H,19,22). The first kappa shape index (κ1) is 18.2. The molecular weight excluding hydrogens is 280 g/mol. The number of anilines is 1. The van der Waals surface area contributed by atoms with E-state index in [0.29, 0.717) is 12.2 Å². The molecule has 5 nitrogen and oxygen atoms in total. The fourth-order valence-corrected chi connectivity index (χ4v) is 1.94. The van der Waals surface area contributed by atoms with Crippen LogP contribution in [0.2, 0.25) is 0 Å². The second kappa shape index (κ2) is 7.94. The Balaban J connectivity index is 2.39. The quantitative estimate of drug-likeness (QED) is 0.556. The second-order valence-corrected chi connectivity index (χ2v) is 6.43. The number of hydrogen-bond donors (Lipinski definition) is 3. The van der Waals surface area contributed by atoms with Crippen molar-refractivity contribution >= 4 is 17.5 Å².